The number of nitrogens with one attached hydrogen (secondary N) is 1. The van der Waals surface area contributed by atoms with Crippen molar-refractivity contribution in [2.45, 2.75) is 51.5 Å². The first-order chi connectivity index (χ1) is 7.79. The summed E-state index contributed by atoms with van der Waals surface area (Å²) in [6.07, 6.45) is 7.35. The molecule has 2 fully saturated rings. The molecule has 2 unspecified atom stereocenters. The highest BCUT2D eigenvalue weighted by atomic mass is 16.5. The quantitative estimate of drug-likeness (QED) is 0.728. The molecule has 1 saturated carbocycles. The molecule has 2 atom stereocenters. The van der Waals surface area contributed by atoms with Crippen LogP contribution in [-0.4, -0.2) is 25.2 Å². The van der Waals surface area contributed by atoms with Gasteiger partial charge in [-0.05, 0) is 45.1 Å². The predicted molar refractivity (Wildman–Crippen MR) is 63.1 cm³/mol. The van der Waals surface area contributed by atoms with Crippen LogP contribution in [0.4, 0.5) is 0 Å². The van der Waals surface area contributed by atoms with E-state index in [0.717, 1.165) is 25.3 Å². The maximum Gasteiger partial charge on any atom is 0.309 e. The maximum atomic E-state index is 11.6. The minimum absolute atomic E-state index is 0.0143. The molecule has 3 heteroatoms. The molecule has 1 heterocycles. The summed E-state index contributed by atoms with van der Waals surface area (Å²) in [7, 11) is 0. The van der Waals surface area contributed by atoms with Crippen molar-refractivity contribution in [1.82, 2.24) is 5.32 Å². The standard InChI is InChI=1S/C13H23NO2/c1-2-16-13(15)11-7-8-14-12(9-11)6-5-10-3-4-10/h10-12,14H,2-9H2,1H3. The van der Waals surface area contributed by atoms with E-state index in [1.165, 1.54) is 25.7 Å². The summed E-state index contributed by atoms with van der Waals surface area (Å²) < 4.78 is 5.10. The van der Waals surface area contributed by atoms with E-state index in [1.54, 1.807) is 0 Å². The molecule has 16 heavy (non-hydrogen) atoms. The van der Waals surface area contributed by atoms with Crippen molar-refractivity contribution in [1.29, 1.82) is 0 Å². The third kappa shape index (κ3) is 3.48. The van der Waals surface area contributed by atoms with Crippen LogP contribution in [0.15, 0.2) is 0 Å². The van der Waals surface area contributed by atoms with Crippen molar-refractivity contribution >= 4 is 5.97 Å². The van der Waals surface area contributed by atoms with E-state index < -0.39 is 0 Å². The molecule has 2 aliphatic rings. The van der Waals surface area contributed by atoms with Gasteiger partial charge < -0.3 is 10.1 Å². The van der Waals surface area contributed by atoms with Gasteiger partial charge in [0.25, 0.3) is 0 Å². The van der Waals surface area contributed by atoms with Crippen LogP contribution in [0.25, 0.3) is 0 Å². The smallest absolute Gasteiger partial charge is 0.309 e. The Morgan fingerprint density at radius 3 is 2.81 bits per heavy atom. The monoisotopic (exact) mass is 225 g/mol. The number of hydrogen-bond acceptors (Lipinski definition) is 3. The first kappa shape index (κ1) is 11.9. The van der Waals surface area contributed by atoms with Gasteiger partial charge in [0.05, 0.1) is 12.5 Å². The first-order valence-electron chi connectivity index (χ1n) is 6.69. The first-order valence-corrected chi connectivity index (χ1v) is 6.69. The zero-order chi connectivity index (χ0) is 11.4. The molecule has 0 radical (unpaired) electrons. The molecule has 2 rings (SSSR count). The Hall–Kier alpha value is -0.570. The number of esters is 1. The van der Waals surface area contributed by atoms with Crippen molar-refractivity contribution in [3.63, 3.8) is 0 Å². The largest absolute Gasteiger partial charge is 0.466 e. The summed E-state index contributed by atoms with van der Waals surface area (Å²) >= 11 is 0. The van der Waals surface area contributed by atoms with E-state index >= 15 is 0 Å². The highest BCUT2D eigenvalue weighted by Crippen LogP contribution is 2.34. The van der Waals surface area contributed by atoms with Gasteiger partial charge in [-0.2, -0.15) is 0 Å². The Bertz CT molecular complexity index is 238. The van der Waals surface area contributed by atoms with Crippen molar-refractivity contribution < 1.29 is 9.53 Å². The fraction of sp³-hybridized carbons (Fsp3) is 0.923. The molecule has 0 aromatic heterocycles. The van der Waals surface area contributed by atoms with Crippen LogP contribution in [0.1, 0.15) is 45.4 Å². The average Bonchev–Trinajstić information content (AvgIpc) is 3.11. The number of carbonyl (C=O) groups excluding carboxylic acids is 1. The molecule has 3 nitrogen and oxygen atoms in total. The second-order valence-corrected chi connectivity index (χ2v) is 5.15. The van der Waals surface area contributed by atoms with Crippen LogP contribution < -0.4 is 5.32 Å². The van der Waals surface area contributed by atoms with Crippen LogP contribution in [0, 0.1) is 11.8 Å². The highest BCUT2D eigenvalue weighted by molar-refractivity contribution is 5.72. The fourth-order valence-electron chi connectivity index (χ4n) is 2.54. The molecule has 92 valence electrons. The third-order valence-corrected chi connectivity index (χ3v) is 3.74. The van der Waals surface area contributed by atoms with Crippen LogP contribution >= 0.6 is 0 Å². The van der Waals surface area contributed by atoms with Crippen molar-refractivity contribution in [2.24, 2.45) is 11.8 Å². The minimum atomic E-state index is 0.0143. The van der Waals surface area contributed by atoms with Crippen molar-refractivity contribution in [2.75, 3.05) is 13.2 Å². The molecule has 0 bridgehead atoms. The van der Waals surface area contributed by atoms with Gasteiger partial charge in [0, 0.05) is 6.04 Å². The molecular weight excluding hydrogens is 202 g/mol. The second-order valence-electron chi connectivity index (χ2n) is 5.15. The summed E-state index contributed by atoms with van der Waals surface area (Å²) in [5, 5.41) is 3.52. The van der Waals surface area contributed by atoms with E-state index in [-0.39, 0.29) is 11.9 Å². The average molecular weight is 225 g/mol. The summed E-state index contributed by atoms with van der Waals surface area (Å²) in [6, 6.07) is 0.545. The van der Waals surface area contributed by atoms with Crippen LogP contribution in [0.5, 0.6) is 0 Å². The van der Waals surface area contributed by atoms with Crippen molar-refractivity contribution in [3.05, 3.63) is 0 Å². The van der Waals surface area contributed by atoms with Gasteiger partial charge >= 0.3 is 5.97 Å². The highest BCUT2D eigenvalue weighted by Gasteiger charge is 2.29. The molecule has 1 aliphatic heterocycles. The third-order valence-electron chi connectivity index (χ3n) is 3.74. The Labute approximate surface area is 97.9 Å². The predicted octanol–water partition coefficient (Wildman–Crippen LogP) is 2.11. The van der Waals surface area contributed by atoms with E-state index in [4.69, 9.17) is 4.74 Å². The van der Waals surface area contributed by atoms with Gasteiger partial charge in [-0.15, -0.1) is 0 Å². The number of piperidine rings is 1. The van der Waals surface area contributed by atoms with E-state index in [0.29, 0.717) is 12.6 Å². The maximum absolute atomic E-state index is 11.6. The van der Waals surface area contributed by atoms with Gasteiger partial charge in [0.2, 0.25) is 0 Å². The Balaban J connectivity index is 1.71. The molecule has 0 aromatic carbocycles. The topological polar surface area (TPSA) is 38.3 Å². The minimum Gasteiger partial charge on any atom is -0.466 e. The summed E-state index contributed by atoms with van der Waals surface area (Å²) in [5.74, 6) is 1.15. The lowest BCUT2D eigenvalue weighted by Crippen LogP contribution is -2.41. The lowest BCUT2D eigenvalue weighted by atomic mass is 9.90. The van der Waals surface area contributed by atoms with Gasteiger partial charge in [-0.25, -0.2) is 0 Å². The number of rotatable bonds is 5. The number of carbonyl (C=O) groups is 1. The molecule has 0 amide bonds. The summed E-state index contributed by atoms with van der Waals surface area (Å²) in [4.78, 5) is 11.6. The normalized spacial score (nSPS) is 30.1. The van der Waals surface area contributed by atoms with E-state index in [2.05, 4.69) is 5.32 Å². The second kappa shape index (κ2) is 5.67. The van der Waals surface area contributed by atoms with Gasteiger partial charge in [0.1, 0.15) is 0 Å². The molecular formula is C13H23NO2. The van der Waals surface area contributed by atoms with Crippen LogP contribution in [0.2, 0.25) is 0 Å². The van der Waals surface area contributed by atoms with Crippen LogP contribution in [-0.2, 0) is 9.53 Å². The number of hydrogen-bond donors (Lipinski definition) is 1. The zero-order valence-electron chi connectivity index (χ0n) is 10.2. The Kier molecular flexibility index (Phi) is 4.22. The summed E-state index contributed by atoms with van der Waals surface area (Å²) in [5.41, 5.74) is 0. The van der Waals surface area contributed by atoms with E-state index in [9.17, 15) is 4.79 Å². The SMILES string of the molecule is CCOC(=O)C1CCNC(CCC2CC2)C1. The Morgan fingerprint density at radius 2 is 2.12 bits per heavy atom. The van der Waals surface area contributed by atoms with E-state index in [1.807, 2.05) is 6.92 Å². The zero-order valence-corrected chi connectivity index (χ0v) is 10.2. The van der Waals surface area contributed by atoms with Gasteiger partial charge in [0.15, 0.2) is 0 Å². The van der Waals surface area contributed by atoms with Gasteiger partial charge in [-0.3, -0.25) is 4.79 Å². The lowest BCUT2D eigenvalue weighted by molar-refractivity contribution is -0.149. The Morgan fingerprint density at radius 1 is 1.31 bits per heavy atom. The molecule has 1 N–H and O–H groups in total. The van der Waals surface area contributed by atoms with Gasteiger partial charge in [-0.1, -0.05) is 12.8 Å². The van der Waals surface area contributed by atoms with Crippen LogP contribution in [0.3, 0.4) is 0 Å². The fourth-order valence-corrected chi connectivity index (χ4v) is 2.54. The molecule has 0 aromatic rings. The molecule has 1 aliphatic carbocycles. The number of ether oxygens (including phenoxy) is 1. The molecule has 1 saturated heterocycles. The lowest BCUT2D eigenvalue weighted by Gasteiger charge is -2.29. The van der Waals surface area contributed by atoms with Crippen molar-refractivity contribution in [3.8, 4) is 0 Å². The summed E-state index contributed by atoms with van der Waals surface area (Å²) in [6.45, 7) is 3.36. The molecule has 0 spiro atoms.